The molecule has 0 aromatic heterocycles. The number of para-hydroxylation sites is 1. The van der Waals surface area contributed by atoms with Crippen molar-refractivity contribution in [2.45, 2.75) is 18.9 Å². The molecule has 0 amide bonds. The van der Waals surface area contributed by atoms with E-state index in [1.54, 1.807) is 0 Å². The third-order valence-corrected chi connectivity index (χ3v) is 5.31. The largest absolute Gasteiger partial charge is 0.493 e. The Morgan fingerprint density at radius 1 is 1.24 bits per heavy atom. The van der Waals surface area contributed by atoms with Crippen molar-refractivity contribution >= 4 is 38.5 Å². The standard InChI is InChI=1S/C17H17BrINO/c1-20-16(14-10-12(18)7-8-15(14)19)13-6-2-4-11-5-3-9-21-17(11)13/h2,4,6-8,10,16,20H,3,5,9H2,1H3. The molecule has 3 rings (SSSR count). The summed E-state index contributed by atoms with van der Waals surface area (Å²) in [7, 11) is 2.00. The van der Waals surface area contributed by atoms with Crippen LogP contribution in [0.3, 0.4) is 0 Å². The van der Waals surface area contributed by atoms with Gasteiger partial charge in [0.25, 0.3) is 0 Å². The number of fused-ring (bicyclic) bond motifs is 1. The molecule has 1 aliphatic heterocycles. The second-order valence-electron chi connectivity index (χ2n) is 5.18. The molecule has 1 unspecified atom stereocenters. The van der Waals surface area contributed by atoms with Crippen LogP contribution in [0.25, 0.3) is 0 Å². The molecule has 0 bridgehead atoms. The normalized spacial score (nSPS) is 15.2. The van der Waals surface area contributed by atoms with Crippen molar-refractivity contribution in [3.8, 4) is 5.75 Å². The minimum absolute atomic E-state index is 0.141. The molecule has 2 aromatic rings. The van der Waals surface area contributed by atoms with Gasteiger partial charge in [-0.2, -0.15) is 0 Å². The Labute approximate surface area is 147 Å². The van der Waals surface area contributed by atoms with Crippen LogP contribution in [0, 0.1) is 3.57 Å². The number of aryl methyl sites for hydroxylation is 1. The van der Waals surface area contributed by atoms with Crippen molar-refractivity contribution in [3.05, 3.63) is 61.1 Å². The Kier molecular flexibility index (Phi) is 4.86. The first-order valence-corrected chi connectivity index (χ1v) is 8.94. The third-order valence-electron chi connectivity index (χ3n) is 3.83. The predicted molar refractivity (Wildman–Crippen MR) is 98.0 cm³/mol. The highest BCUT2D eigenvalue weighted by molar-refractivity contribution is 14.1. The topological polar surface area (TPSA) is 21.3 Å². The highest BCUT2D eigenvalue weighted by atomic mass is 127. The number of benzene rings is 2. The van der Waals surface area contributed by atoms with Gasteiger partial charge in [-0.15, -0.1) is 0 Å². The molecule has 1 N–H and O–H groups in total. The van der Waals surface area contributed by atoms with E-state index in [0.717, 1.165) is 29.7 Å². The minimum Gasteiger partial charge on any atom is -0.493 e. The van der Waals surface area contributed by atoms with Gasteiger partial charge in [-0.3, -0.25) is 0 Å². The molecule has 0 aliphatic carbocycles. The molecule has 21 heavy (non-hydrogen) atoms. The van der Waals surface area contributed by atoms with Gasteiger partial charge in [-0.25, -0.2) is 0 Å². The molecule has 1 aliphatic rings. The van der Waals surface area contributed by atoms with E-state index in [2.05, 4.69) is 80.2 Å². The van der Waals surface area contributed by atoms with Gasteiger partial charge in [0.1, 0.15) is 5.75 Å². The third kappa shape index (κ3) is 3.12. The number of nitrogens with one attached hydrogen (secondary N) is 1. The van der Waals surface area contributed by atoms with Crippen LogP contribution < -0.4 is 10.1 Å². The molecule has 0 spiro atoms. The first-order valence-electron chi connectivity index (χ1n) is 7.07. The fraction of sp³-hybridized carbons (Fsp3) is 0.294. The van der Waals surface area contributed by atoms with Gasteiger partial charge < -0.3 is 10.1 Å². The fourth-order valence-corrected chi connectivity index (χ4v) is 3.88. The highest BCUT2D eigenvalue weighted by Crippen LogP contribution is 2.37. The first-order chi connectivity index (χ1) is 10.2. The number of halogens is 2. The number of hydrogen-bond donors (Lipinski definition) is 1. The molecule has 1 heterocycles. The highest BCUT2D eigenvalue weighted by Gasteiger charge is 2.22. The molecule has 0 fully saturated rings. The van der Waals surface area contributed by atoms with Crippen LogP contribution in [0.4, 0.5) is 0 Å². The summed E-state index contributed by atoms with van der Waals surface area (Å²) in [6.45, 7) is 0.815. The Morgan fingerprint density at radius 2 is 2.10 bits per heavy atom. The van der Waals surface area contributed by atoms with E-state index in [0.29, 0.717) is 0 Å². The zero-order valence-electron chi connectivity index (χ0n) is 11.8. The van der Waals surface area contributed by atoms with E-state index in [-0.39, 0.29) is 6.04 Å². The number of rotatable bonds is 3. The second-order valence-corrected chi connectivity index (χ2v) is 7.25. The van der Waals surface area contributed by atoms with Gasteiger partial charge in [0.05, 0.1) is 12.6 Å². The molecule has 0 saturated heterocycles. The van der Waals surface area contributed by atoms with Crippen molar-refractivity contribution in [3.63, 3.8) is 0 Å². The maximum Gasteiger partial charge on any atom is 0.127 e. The lowest BCUT2D eigenvalue weighted by atomic mass is 9.94. The fourth-order valence-electron chi connectivity index (χ4n) is 2.86. The van der Waals surface area contributed by atoms with Crippen LogP contribution in [0.15, 0.2) is 40.9 Å². The number of hydrogen-bond acceptors (Lipinski definition) is 2. The molecular weight excluding hydrogens is 441 g/mol. The van der Waals surface area contributed by atoms with E-state index < -0.39 is 0 Å². The average Bonchev–Trinajstić information content (AvgIpc) is 2.51. The monoisotopic (exact) mass is 457 g/mol. The molecule has 0 saturated carbocycles. The first kappa shape index (κ1) is 15.3. The molecule has 4 heteroatoms. The predicted octanol–water partition coefficient (Wildman–Crippen LogP) is 4.69. The maximum atomic E-state index is 5.97. The second kappa shape index (κ2) is 6.67. The Hall–Kier alpha value is -0.590. The van der Waals surface area contributed by atoms with E-state index >= 15 is 0 Å². The van der Waals surface area contributed by atoms with Crippen LogP contribution in [0.1, 0.15) is 29.2 Å². The summed E-state index contributed by atoms with van der Waals surface area (Å²) in [5.74, 6) is 1.07. The summed E-state index contributed by atoms with van der Waals surface area (Å²) < 4.78 is 8.33. The summed E-state index contributed by atoms with van der Waals surface area (Å²) >= 11 is 5.98. The minimum atomic E-state index is 0.141. The average molecular weight is 458 g/mol. The Morgan fingerprint density at radius 3 is 2.90 bits per heavy atom. The molecule has 0 radical (unpaired) electrons. The summed E-state index contributed by atoms with van der Waals surface area (Å²) in [5.41, 5.74) is 3.82. The quantitative estimate of drug-likeness (QED) is 0.675. The van der Waals surface area contributed by atoms with Crippen LogP contribution in [0.5, 0.6) is 5.75 Å². The van der Waals surface area contributed by atoms with Gasteiger partial charge in [-0.05, 0) is 71.8 Å². The van der Waals surface area contributed by atoms with E-state index in [9.17, 15) is 0 Å². The Balaban J connectivity index is 2.10. The lowest BCUT2D eigenvalue weighted by Gasteiger charge is -2.26. The van der Waals surface area contributed by atoms with Gasteiger partial charge >= 0.3 is 0 Å². The van der Waals surface area contributed by atoms with Gasteiger partial charge in [-0.1, -0.05) is 34.1 Å². The van der Waals surface area contributed by atoms with Crippen LogP contribution in [-0.4, -0.2) is 13.7 Å². The summed E-state index contributed by atoms with van der Waals surface area (Å²) in [4.78, 5) is 0. The Bertz CT molecular complexity index is 659. The molecule has 1 atom stereocenters. The number of ether oxygens (including phenoxy) is 1. The van der Waals surface area contributed by atoms with E-state index in [1.807, 2.05) is 7.05 Å². The molecule has 2 aromatic carbocycles. The lowest BCUT2D eigenvalue weighted by Crippen LogP contribution is -2.21. The smallest absolute Gasteiger partial charge is 0.127 e. The van der Waals surface area contributed by atoms with Gasteiger partial charge in [0, 0.05) is 13.6 Å². The molecular formula is C17H17BrINO. The van der Waals surface area contributed by atoms with Gasteiger partial charge in [0.2, 0.25) is 0 Å². The van der Waals surface area contributed by atoms with Crippen LogP contribution in [-0.2, 0) is 6.42 Å². The van der Waals surface area contributed by atoms with Gasteiger partial charge in [0.15, 0.2) is 0 Å². The SMILES string of the molecule is CNC(c1cc(Br)ccc1I)c1cccc2c1OCCC2. The molecule has 2 nitrogen and oxygen atoms in total. The zero-order chi connectivity index (χ0) is 14.8. The van der Waals surface area contributed by atoms with Crippen molar-refractivity contribution in [2.75, 3.05) is 13.7 Å². The zero-order valence-corrected chi connectivity index (χ0v) is 15.6. The van der Waals surface area contributed by atoms with Crippen LogP contribution >= 0.6 is 38.5 Å². The van der Waals surface area contributed by atoms with Crippen LogP contribution in [0.2, 0.25) is 0 Å². The van der Waals surface area contributed by atoms with Crippen molar-refractivity contribution in [1.29, 1.82) is 0 Å². The summed E-state index contributed by atoms with van der Waals surface area (Å²) in [6, 6.07) is 13.0. The summed E-state index contributed by atoms with van der Waals surface area (Å²) in [6.07, 6.45) is 2.21. The van der Waals surface area contributed by atoms with Crippen molar-refractivity contribution in [2.24, 2.45) is 0 Å². The van der Waals surface area contributed by atoms with Crippen molar-refractivity contribution < 1.29 is 4.74 Å². The maximum absolute atomic E-state index is 5.97. The molecule has 110 valence electrons. The van der Waals surface area contributed by atoms with E-state index in [4.69, 9.17) is 4.74 Å². The lowest BCUT2D eigenvalue weighted by molar-refractivity contribution is 0.283. The van der Waals surface area contributed by atoms with E-state index in [1.165, 1.54) is 20.3 Å². The summed E-state index contributed by atoms with van der Waals surface area (Å²) in [5, 5.41) is 3.45. The van der Waals surface area contributed by atoms with Crippen molar-refractivity contribution in [1.82, 2.24) is 5.32 Å².